The molecular weight excluding hydrogens is 188 g/mol. The van der Waals surface area contributed by atoms with E-state index < -0.39 is 0 Å². The number of primary amides is 1. The first-order valence-corrected chi connectivity index (χ1v) is 6.03. The number of carbonyl (C=O) groups excluding carboxylic acids is 1. The number of rotatable bonds is 4. The van der Waals surface area contributed by atoms with Crippen molar-refractivity contribution in [1.82, 2.24) is 5.32 Å². The number of amides is 1. The lowest BCUT2D eigenvalue weighted by molar-refractivity contribution is -0.133. The Hall–Kier alpha value is -0.570. The van der Waals surface area contributed by atoms with Crippen LogP contribution in [-0.4, -0.2) is 19.0 Å². The quantitative estimate of drug-likeness (QED) is 0.742. The lowest BCUT2D eigenvalue weighted by Crippen LogP contribution is -2.52. The molecule has 88 valence electrons. The number of nitrogens with two attached hydrogens (primary N) is 1. The van der Waals surface area contributed by atoms with E-state index in [0.29, 0.717) is 11.8 Å². The van der Waals surface area contributed by atoms with Crippen LogP contribution >= 0.6 is 0 Å². The molecule has 3 N–H and O–H groups in total. The van der Waals surface area contributed by atoms with Gasteiger partial charge in [-0.15, -0.1) is 0 Å². The minimum atomic E-state index is -0.254. The number of hydrogen-bond acceptors (Lipinski definition) is 2. The highest BCUT2D eigenvalue weighted by Gasteiger charge is 2.44. The van der Waals surface area contributed by atoms with E-state index >= 15 is 0 Å². The van der Waals surface area contributed by atoms with Gasteiger partial charge >= 0.3 is 0 Å². The second-order valence-electron chi connectivity index (χ2n) is 5.15. The summed E-state index contributed by atoms with van der Waals surface area (Å²) < 4.78 is 0. The van der Waals surface area contributed by atoms with Crippen molar-refractivity contribution in [1.29, 1.82) is 0 Å². The van der Waals surface area contributed by atoms with Crippen LogP contribution in [0.15, 0.2) is 0 Å². The van der Waals surface area contributed by atoms with E-state index in [1.165, 1.54) is 0 Å². The van der Waals surface area contributed by atoms with Crippen LogP contribution in [0.1, 0.15) is 40.0 Å². The summed E-state index contributed by atoms with van der Waals surface area (Å²) in [4.78, 5) is 11.7. The van der Waals surface area contributed by atoms with E-state index in [1.54, 1.807) is 0 Å². The van der Waals surface area contributed by atoms with Crippen LogP contribution in [0.5, 0.6) is 0 Å². The summed E-state index contributed by atoms with van der Waals surface area (Å²) >= 11 is 0. The molecule has 15 heavy (non-hydrogen) atoms. The summed E-state index contributed by atoms with van der Waals surface area (Å²) in [7, 11) is 0. The van der Waals surface area contributed by atoms with Crippen molar-refractivity contribution in [2.45, 2.75) is 40.0 Å². The van der Waals surface area contributed by atoms with Gasteiger partial charge in [-0.3, -0.25) is 4.79 Å². The van der Waals surface area contributed by atoms with Crippen molar-refractivity contribution in [3.63, 3.8) is 0 Å². The Morgan fingerprint density at radius 2 is 2.27 bits per heavy atom. The van der Waals surface area contributed by atoms with Crippen molar-refractivity contribution in [3.8, 4) is 0 Å². The monoisotopic (exact) mass is 212 g/mol. The van der Waals surface area contributed by atoms with Gasteiger partial charge in [-0.05, 0) is 44.2 Å². The van der Waals surface area contributed by atoms with Crippen molar-refractivity contribution in [2.75, 3.05) is 13.1 Å². The van der Waals surface area contributed by atoms with Crippen LogP contribution in [0, 0.1) is 17.3 Å². The lowest BCUT2D eigenvalue weighted by Gasteiger charge is -2.42. The van der Waals surface area contributed by atoms with E-state index in [4.69, 9.17) is 5.73 Å². The predicted molar refractivity (Wildman–Crippen MR) is 62.4 cm³/mol. The average Bonchev–Trinajstić information content (AvgIpc) is 2.17. The van der Waals surface area contributed by atoms with E-state index in [-0.39, 0.29) is 11.3 Å². The SMILES string of the molecule is CCC1(C(N)=O)CCNCC1CC(C)C. The molecule has 2 atom stereocenters. The van der Waals surface area contributed by atoms with E-state index in [2.05, 4.69) is 26.1 Å². The van der Waals surface area contributed by atoms with Gasteiger partial charge in [0, 0.05) is 0 Å². The normalized spacial score (nSPS) is 31.9. The highest BCUT2D eigenvalue weighted by Crippen LogP contribution is 2.40. The molecule has 0 aromatic carbocycles. The van der Waals surface area contributed by atoms with Gasteiger partial charge in [0.05, 0.1) is 5.41 Å². The zero-order chi connectivity index (χ0) is 11.5. The maximum absolute atomic E-state index is 11.7. The van der Waals surface area contributed by atoms with Gasteiger partial charge in [-0.1, -0.05) is 20.8 Å². The highest BCUT2D eigenvalue weighted by molar-refractivity contribution is 5.81. The van der Waals surface area contributed by atoms with E-state index in [1.807, 2.05) is 0 Å². The maximum atomic E-state index is 11.7. The van der Waals surface area contributed by atoms with Crippen molar-refractivity contribution < 1.29 is 4.79 Å². The number of hydrogen-bond donors (Lipinski definition) is 2. The van der Waals surface area contributed by atoms with Crippen LogP contribution in [0.25, 0.3) is 0 Å². The van der Waals surface area contributed by atoms with Gasteiger partial charge in [-0.25, -0.2) is 0 Å². The molecular formula is C12H24N2O. The largest absolute Gasteiger partial charge is 0.369 e. The fourth-order valence-electron chi connectivity index (χ4n) is 2.83. The first-order chi connectivity index (χ1) is 7.03. The molecule has 0 aromatic rings. The zero-order valence-corrected chi connectivity index (χ0v) is 10.2. The smallest absolute Gasteiger partial charge is 0.224 e. The molecule has 3 nitrogen and oxygen atoms in total. The summed E-state index contributed by atoms with van der Waals surface area (Å²) in [6.45, 7) is 8.36. The van der Waals surface area contributed by atoms with Crippen LogP contribution in [0.2, 0.25) is 0 Å². The number of piperidine rings is 1. The fourth-order valence-corrected chi connectivity index (χ4v) is 2.83. The Morgan fingerprint density at radius 3 is 2.73 bits per heavy atom. The molecule has 1 aliphatic heterocycles. The zero-order valence-electron chi connectivity index (χ0n) is 10.2. The van der Waals surface area contributed by atoms with Gasteiger partial charge in [0.25, 0.3) is 0 Å². The molecule has 1 rings (SSSR count). The Kier molecular flexibility index (Phi) is 4.14. The van der Waals surface area contributed by atoms with Gasteiger partial charge < -0.3 is 11.1 Å². The molecule has 1 aliphatic rings. The molecule has 0 spiro atoms. The number of nitrogens with one attached hydrogen (secondary N) is 1. The fraction of sp³-hybridized carbons (Fsp3) is 0.917. The van der Waals surface area contributed by atoms with Crippen LogP contribution in [-0.2, 0) is 4.79 Å². The topological polar surface area (TPSA) is 55.1 Å². The molecule has 3 heteroatoms. The summed E-state index contributed by atoms with van der Waals surface area (Å²) in [5.41, 5.74) is 5.36. The third-order valence-corrected chi connectivity index (χ3v) is 3.80. The standard InChI is InChI=1S/C12H24N2O/c1-4-12(11(13)15)5-6-14-8-10(12)7-9(2)3/h9-10,14H,4-8H2,1-3H3,(H2,13,15). The summed E-state index contributed by atoms with van der Waals surface area (Å²) in [5.74, 6) is 0.936. The van der Waals surface area contributed by atoms with E-state index in [9.17, 15) is 4.79 Å². The summed E-state index contributed by atoms with van der Waals surface area (Å²) in [6, 6.07) is 0. The van der Waals surface area contributed by atoms with E-state index in [0.717, 1.165) is 32.4 Å². The molecule has 0 radical (unpaired) electrons. The molecule has 1 amide bonds. The average molecular weight is 212 g/mol. The van der Waals surface area contributed by atoms with Crippen LogP contribution < -0.4 is 11.1 Å². The second kappa shape index (κ2) is 4.97. The molecule has 0 bridgehead atoms. The number of carbonyl (C=O) groups is 1. The maximum Gasteiger partial charge on any atom is 0.224 e. The van der Waals surface area contributed by atoms with Crippen molar-refractivity contribution in [3.05, 3.63) is 0 Å². The van der Waals surface area contributed by atoms with Crippen LogP contribution in [0.4, 0.5) is 0 Å². The highest BCUT2D eigenvalue weighted by atomic mass is 16.1. The van der Waals surface area contributed by atoms with Crippen molar-refractivity contribution >= 4 is 5.91 Å². The summed E-state index contributed by atoms with van der Waals surface area (Å²) in [6.07, 6.45) is 2.86. The predicted octanol–water partition coefficient (Wildman–Crippen LogP) is 1.52. The Balaban J connectivity index is 2.83. The molecule has 0 aromatic heterocycles. The first kappa shape index (κ1) is 12.5. The molecule has 0 aliphatic carbocycles. The minimum absolute atomic E-state index is 0.0999. The molecule has 1 fully saturated rings. The molecule has 0 saturated carbocycles. The Labute approximate surface area is 92.8 Å². The van der Waals surface area contributed by atoms with Gasteiger partial charge in [-0.2, -0.15) is 0 Å². The molecule has 1 heterocycles. The lowest BCUT2D eigenvalue weighted by atomic mass is 9.66. The first-order valence-electron chi connectivity index (χ1n) is 6.03. The minimum Gasteiger partial charge on any atom is -0.369 e. The molecule has 1 saturated heterocycles. The third kappa shape index (κ3) is 2.51. The molecule has 2 unspecified atom stereocenters. The van der Waals surface area contributed by atoms with Gasteiger partial charge in [0.1, 0.15) is 0 Å². The second-order valence-corrected chi connectivity index (χ2v) is 5.15. The van der Waals surface area contributed by atoms with Crippen LogP contribution in [0.3, 0.4) is 0 Å². The Bertz CT molecular complexity index is 228. The Morgan fingerprint density at radius 1 is 1.60 bits per heavy atom. The van der Waals surface area contributed by atoms with Gasteiger partial charge in [0.15, 0.2) is 0 Å². The summed E-state index contributed by atoms with van der Waals surface area (Å²) in [5, 5.41) is 3.38. The third-order valence-electron chi connectivity index (χ3n) is 3.80. The van der Waals surface area contributed by atoms with Gasteiger partial charge in [0.2, 0.25) is 5.91 Å². The van der Waals surface area contributed by atoms with Crippen molar-refractivity contribution in [2.24, 2.45) is 23.0 Å².